The van der Waals surface area contributed by atoms with Gasteiger partial charge in [0.1, 0.15) is 0 Å². The van der Waals surface area contributed by atoms with Crippen LogP contribution in [0.2, 0.25) is 0 Å². The molecule has 54 heavy (non-hydrogen) atoms. The van der Waals surface area contributed by atoms with E-state index in [0.717, 1.165) is 118 Å². The largest absolute Gasteiger partial charge is 0.0846 e. The van der Waals surface area contributed by atoms with Gasteiger partial charge in [-0.1, -0.05) is 194 Å². The van der Waals surface area contributed by atoms with E-state index in [1.165, 1.54) is 38.5 Å². The molecule has 14 atom stereocenters. The highest BCUT2D eigenvalue weighted by Crippen LogP contribution is 2.50. The van der Waals surface area contributed by atoms with Gasteiger partial charge in [0.15, 0.2) is 0 Å². The molecular weight excluding hydrogens is 649 g/mol. The summed E-state index contributed by atoms with van der Waals surface area (Å²) in [6.07, 6.45) is 13.2. The second-order valence-corrected chi connectivity index (χ2v) is 21.2. The van der Waals surface area contributed by atoms with Crippen LogP contribution >= 0.6 is 0 Å². The molecule has 0 amide bonds. The molecule has 0 aromatic heterocycles. The van der Waals surface area contributed by atoms with E-state index in [0.29, 0.717) is 0 Å². The molecule has 0 radical (unpaired) electrons. The number of hydrogen-bond donors (Lipinski definition) is 0. The molecule has 6 aliphatic carbocycles. The molecule has 3 saturated carbocycles. The summed E-state index contributed by atoms with van der Waals surface area (Å²) < 4.78 is 0. The molecule has 1 aromatic rings. The van der Waals surface area contributed by atoms with E-state index in [-0.39, 0.29) is 0 Å². The van der Waals surface area contributed by atoms with Crippen LogP contribution in [0, 0.1) is 107 Å². The number of rotatable bonds is 5. The Hall–Kier alpha value is -1.04. The SMILES string of the molecule is CC1C(C)C(C)C1C.CC1C(C)C2C=CC1C(C)C2C.CC1CC(C)C(C)CC1C.CCC(C)C(C)CC.CCC(C)C1CC(C)C(C)c2ccccc21. The highest BCUT2D eigenvalue weighted by atomic mass is 14.5. The van der Waals surface area contributed by atoms with Gasteiger partial charge in [-0.25, -0.2) is 0 Å². The van der Waals surface area contributed by atoms with Gasteiger partial charge >= 0.3 is 0 Å². The van der Waals surface area contributed by atoms with Crippen LogP contribution in [0.15, 0.2) is 36.4 Å². The fraction of sp³-hybridized carbons (Fsp3) is 0.852. The summed E-state index contributed by atoms with van der Waals surface area (Å²) in [5.41, 5.74) is 3.23. The average Bonchev–Trinajstić information content (AvgIpc) is 3.17. The topological polar surface area (TPSA) is 0 Å². The lowest BCUT2D eigenvalue weighted by atomic mass is 9.55. The van der Waals surface area contributed by atoms with Crippen molar-refractivity contribution in [1.29, 1.82) is 0 Å². The summed E-state index contributed by atoms with van der Waals surface area (Å²) in [5.74, 6) is 18.1. The minimum atomic E-state index is 0.733. The average molecular weight is 747 g/mol. The van der Waals surface area contributed by atoms with Crippen molar-refractivity contribution in [3.8, 4) is 0 Å². The van der Waals surface area contributed by atoms with E-state index in [2.05, 4.69) is 175 Å². The molecule has 2 bridgehead atoms. The zero-order valence-electron chi connectivity index (χ0n) is 40.3. The van der Waals surface area contributed by atoms with E-state index in [4.69, 9.17) is 0 Å². The van der Waals surface area contributed by atoms with Gasteiger partial charge in [0.05, 0.1) is 0 Å². The Labute approximate surface area is 341 Å². The van der Waals surface area contributed by atoms with Gasteiger partial charge in [0.2, 0.25) is 0 Å². The molecule has 0 N–H and O–H groups in total. The Morgan fingerprint density at radius 2 is 0.759 bits per heavy atom. The summed E-state index contributed by atoms with van der Waals surface area (Å²) in [5, 5.41) is 0. The first-order valence-electron chi connectivity index (χ1n) is 24.0. The maximum absolute atomic E-state index is 2.47. The maximum Gasteiger partial charge on any atom is -0.0131 e. The second-order valence-electron chi connectivity index (χ2n) is 21.2. The number of fused-ring (bicyclic) bond motifs is 3. The first-order chi connectivity index (χ1) is 25.2. The third-order valence-electron chi connectivity index (χ3n) is 18.3. The van der Waals surface area contributed by atoms with Gasteiger partial charge in [-0.05, 0) is 149 Å². The van der Waals surface area contributed by atoms with Crippen LogP contribution in [0.1, 0.15) is 200 Å². The van der Waals surface area contributed by atoms with Gasteiger partial charge < -0.3 is 0 Å². The van der Waals surface area contributed by atoms with Crippen molar-refractivity contribution in [1.82, 2.24) is 0 Å². The minimum Gasteiger partial charge on any atom is -0.0846 e. The molecule has 0 nitrogen and oxygen atoms in total. The minimum absolute atomic E-state index is 0.733. The smallest absolute Gasteiger partial charge is 0.0131 e. The van der Waals surface area contributed by atoms with E-state index >= 15 is 0 Å². The lowest BCUT2D eigenvalue weighted by Gasteiger charge is -2.50. The highest BCUT2D eigenvalue weighted by Gasteiger charge is 2.44. The third kappa shape index (κ3) is 12.5. The van der Waals surface area contributed by atoms with E-state index in [1.54, 1.807) is 11.1 Å². The Morgan fingerprint density at radius 3 is 1.07 bits per heavy atom. The summed E-state index contributed by atoms with van der Waals surface area (Å²) >= 11 is 0. The molecule has 3 fully saturated rings. The molecule has 6 aliphatic rings. The van der Waals surface area contributed by atoms with Crippen LogP contribution < -0.4 is 0 Å². The van der Waals surface area contributed by atoms with Crippen molar-refractivity contribution in [2.75, 3.05) is 0 Å². The fourth-order valence-electron chi connectivity index (χ4n) is 11.1. The Bertz CT molecular complexity index is 1080. The van der Waals surface area contributed by atoms with Crippen molar-refractivity contribution in [2.45, 2.75) is 189 Å². The first-order valence-corrected chi connectivity index (χ1v) is 24.0. The predicted octanol–water partition coefficient (Wildman–Crippen LogP) is 17.3. The summed E-state index contributed by atoms with van der Waals surface area (Å²) in [7, 11) is 0. The van der Waals surface area contributed by atoms with Crippen molar-refractivity contribution in [3.05, 3.63) is 47.5 Å². The number of allylic oxidation sites excluding steroid dienone is 2. The zero-order valence-corrected chi connectivity index (χ0v) is 40.3. The Kier molecular flexibility index (Phi) is 20.7. The molecule has 14 unspecified atom stereocenters. The standard InChI is InChI=1S/C16H24.C12H20.C10H20.C8H16.C8H18/c1-5-11(2)16-10-12(3)13(4)14-8-6-7-9-15(14)16;1-7-8(2)12-6-5-11(7)9(3)10(12)4;1-7-5-9(3)10(4)6-8(7)2;1-5-6(2)8(4)7(5)3;1-5-7(3)8(4)6-2/h6-9,11-13,16H,5,10H2,1-4H3;5-12H,1-4H3;7-10H,5-6H2,1-4H3;5-8H,1-4H3;7-8H,5-6H2,1-4H3. The first kappa shape index (κ1) is 49.1. The monoisotopic (exact) mass is 747 g/mol. The van der Waals surface area contributed by atoms with Gasteiger partial charge in [0, 0.05) is 0 Å². The molecule has 1 aromatic carbocycles. The van der Waals surface area contributed by atoms with Crippen molar-refractivity contribution >= 4 is 0 Å². The summed E-state index contributed by atoms with van der Waals surface area (Å²) in [6.45, 7) is 47.4. The molecule has 0 saturated heterocycles. The van der Waals surface area contributed by atoms with E-state index in [9.17, 15) is 0 Å². The van der Waals surface area contributed by atoms with Crippen molar-refractivity contribution in [2.24, 2.45) is 107 Å². The van der Waals surface area contributed by atoms with Crippen LogP contribution in [-0.4, -0.2) is 0 Å². The molecule has 0 spiro atoms. The van der Waals surface area contributed by atoms with Crippen LogP contribution in [0.4, 0.5) is 0 Å². The predicted molar refractivity (Wildman–Crippen MR) is 245 cm³/mol. The lowest BCUT2D eigenvalue weighted by Crippen LogP contribution is -2.44. The molecule has 7 rings (SSSR count). The fourth-order valence-corrected chi connectivity index (χ4v) is 11.1. The molecule has 0 heterocycles. The number of hydrogen-bond acceptors (Lipinski definition) is 0. The van der Waals surface area contributed by atoms with Gasteiger partial charge in [0.25, 0.3) is 0 Å². The normalized spacial score (nSPS) is 42.0. The van der Waals surface area contributed by atoms with Gasteiger partial charge in [-0.2, -0.15) is 0 Å². The second kappa shape index (κ2) is 22.8. The summed E-state index contributed by atoms with van der Waals surface area (Å²) in [6, 6.07) is 9.09. The van der Waals surface area contributed by atoms with Crippen molar-refractivity contribution in [3.63, 3.8) is 0 Å². The van der Waals surface area contributed by atoms with Crippen LogP contribution in [-0.2, 0) is 0 Å². The molecular formula is C54H98. The zero-order chi connectivity index (χ0) is 41.2. The summed E-state index contributed by atoms with van der Waals surface area (Å²) in [4.78, 5) is 0. The molecule has 314 valence electrons. The van der Waals surface area contributed by atoms with Gasteiger partial charge in [-0.3, -0.25) is 0 Å². The molecule has 0 aliphatic heterocycles. The van der Waals surface area contributed by atoms with Crippen molar-refractivity contribution < 1.29 is 0 Å². The maximum atomic E-state index is 2.47. The van der Waals surface area contributed by atoms with Crippen LogP contribution in [0.3, 0.4) is 0 Å². The third-order valence-corrected chi connectivity index (χ3v) is 18.3. The highest BCUT2D eigenvalue weighted by molar-refractivity contribution is 5.36. The van der Waals surface area contributed by atoms with E-state index < -0.39 is 0 Å². The Morgan fingerprint density at radius 1 is 0.426 bits per heavy atom. The molecule has 0 heteroatoms. The lowest BCUT2D eigenvalue weighted by molar-refractivity contribution is 0.0302. The van der Waals surface area contributed by atoms with E-state index in [1.807, 2.05) is 0 Å². The van der Waals surface area contributed by atoms with Gasteiger partial charge in [-0.15, -0.1) is 0 Å². The quantitative estimate of drug-likeness (QED) is 0.263. The number of benzene rings is 1. The Balaban J connectivity index is 0.000000240. The van der Waals surface area contributed by atoms with Crippen LogP contribution in [0.25, 0.3) is 0 Å². The van der Waals surface area contributed by atoms with Crippen LogP contribution in [0.5, 0.6) is 0 Å².